The number of rotatable bonds is 5. The van der Waals surface area contributed by atoms with Crippen LogP contribution < -0.4 is 4.74 Å². The lowest BCUT2D eigenvalue weighted by Crippen LogP contribution is -2.52. The van der Waals surface area contributed by atoms with E-state index in [4.69, 9.17) is 9.15 Å². The molecule has 2 saturated heterocycles. The van der Waals surface area contributed by atoms with E-state index in [0.29, 0.717) is 44.1 Å². The summed E-state index contributed by atoms with van der Waals surface area (Å²) in [4.78, 5) is 16.8. The number of carbonyl (C=O) groups excluding carboxylic acids is 1. The maximum absolute atomic E-state index is 12.8. The van der Waals surface area contributed by atoms with Crippen molar-refractivity contribution >= 4 is 26.5 Å². The van der Waals surface area contributed by atoms with E-state index in [1.165, 1.54) is 0 Å². The predicted octanol–water partition coefficient (Wildman–Crippen LogP) is 2.96. The summed E-state index contributed by atoms with van der Waals surface area (Å²) in [6.45, 7) is 2.75. The van der Waals surface area contributed by atoms with Crippen molar-refractivity contribution in [3.63, 3.8) is 0 Å². The molecule has 32 heavy (non-hydrogen) atoms. The highest BCUT2D eigenvalue weighted by Crippen LogP contribution is 2.23. The summed E-state index contributed by atoms with van der Waals surface area (Å²) in [6, 6.07) is 17.6. The first-order valence-corrected chi connectivity index (χ1v) is 12.7. The molecular formula is C24H26N2O5S. The molecule has 1 atom stereocenters. The highest BCUT2D eigenvalue weighted by Gasteiger charge is 2.34. The molecule has 1 unspecified atom stereocenters. The number of hydrogen-bond donors (Lipinski definition) is 0. The quantitative estimate of drug-likeness (QED) is 0.590. The van der Waals surface area contributed by atoms with Gasteiger partial charge in [-0.3, -0.25) is 9.69 Å². The first-order chi connectivity index (χ1) is 15.5. The molecule has 168 valence electrons. The van der Waals surface area contributed by atoms with Crippen LogP contribution in [0.2, 0.25) is 0 Å². The van der Waals surface area contributed by atoms with Crippen LogP contribution in [0.1, 0.15) is 22.7 Å². The Morgan fingerprint density at radius 1 is 1.00 bits per heavy atom. The maximum Gasteiger partial charge on any atom is 0.289 e. The van der Waals surface area contributed by atoms with E-state index in [1.807, 2.05) is 36.4 Å². The number of fused-ring (bicyclic) bond motifs is 1. The van der Waals surface area contributed by atoms with Crippen LogP contribution in [0.5, 0.6) is 5.75 Å². The molecule has 0 aliphatic carbocycles. The first-order valence-electron chi connectivity index (χ1n) is 10.9. The summed E-state index contributed by atoms with van der Waals surface area (Å²) < 4.78 is 35.1. The molecule has 8 heteroatoms. The number of benzene rings is 2. The molecule has 2 aliphatic rings. The summed E-state index contributed by atoms with van der Waals surface area (Å²) >= 11 is 0. The minimum atomic E-state index is -2.90. The number of carbonyl (C=O) groups is 1. The minimum absolute atomic E-state index is 0.0831. The van der Waals surface area contributed by atoms with Crippen molar-refractivity contribution in [1.82, 2.24) is 9.80 Å². The Balaban J connectivity index is 1.15. The van der Waals surface area contributed by atoms with Crippen LogP contribution in [0.25, 0.3) is 10.8 Å². The molecule has 5 rings (SSSR count). The second-order valence-corrected chi connectivity index (χ2v) is 10.7. The van der Waals surface area contributed by atoms with E-state index in [2.05, 4.69) is 11.0 Å². The van der Waals surface area contributed by atoms with Crippen molar-refractivity contribution in [3.8, 4) is 5.75 Å². The van der Waals surface area contributed by atoms with Gasteiger partial charge in [0.2, 0.25) is 0 Å². The molecule has 0 N–H and O–H groups in total. The summed E-state index contributed by atoms with van der Waals surface area (Å²) in [5.74, 6) is 2.02. The van der Waals surface area contributed by atoms with Crippen LogP contribution in [0.3, 0.4) is 0 Å². The van der Waals surface area contributed by atoms with Gasteiger partial charge in [-0.1, -0.05) is 30.3 Å². The third-order valence-electron chi connectivity index (χ3n) is 6.30. The minimum Gasteiger partial charge on any atom is -0.486 e. The molecule has 0 spiro atoms. The van der Waals surface area contributed by atoms with Gasteiger partial charge in [0, 0.05) is 32.2 Å². The Morgan fingerprint density at radius 3 is 2.53 bits per heavy atom. The van der Waals surface area contributed by atoms with Crippen molar-refractivity contribution < 1.29 is 22.4 Å². The van der Waals surface area contributed by atoms with Crippen molar-refractivity contribution in [3.05, 3.63) is 66.1 Å². The van der Waals surface area contributed by atoms with E-state index in [1.54, 1.807) is 17.0 Å². The van der Waals surface area contributed by atoms with Gasteiger partial charge in [0.05, 0.1) is 11.5 Å². The Labute approximate surface area is 187 Å². The second-order valence-electron chi connectivity index (χ2n) is 8.45. The number of nitrogens with zero attached hydrogens (tertiary/aromatic N) is 2. The van der Waals surface area contributed by atoms with E-state index in [0.717, 1.165) is 16.5 Å². The van der Waals surface area contributed by atoms with Gasteiger partial charge in [-0.15, -0.1) is 0 Å². The van der Waals surface area contributed by atoms with Crippen LogP contribution >= 0.6 is 0 Å². The van der Waals surface area contributed by atoms with Crippen molar-refractivity contribution in [1.29, 1.82) is 0 Å². The highest BCUT2D eigenvalue weighted by atomic mass is 32.2. The Kier molecular flexibility index (Phi) is 5.65. The fourth-order valence-electron chi connectivity index (χ4n) is 4.49. The number of amides is 1. The van der Waals surface area contributed by atoms with Gasteiger partial charge in [-0.2, -0.15) is 0 Å². The zero-order valence-electron chi connectivity index (χ0n) is 17.8. The van der Waals surface area contributed by atoms with Crippen LogP contribution in [0.15, 0.2) is 59.0 Å². The average Bonchev–Trinajstić information content (AvgIpc) is 3.43. The van der Waals surface area contributed by atoms with Crippen molar-refractivity contribution in [2.24, 2.45) is 0 Å². The normalized spacial score (nSPS) is 21.1. The lowest BCUT2D eigenvalue weighted by atomic mass is 10.1. The third kappa shape index (κ3) is 4.52. The van der Waals surface area contributed by atoms with Gasteiger partial charge < -0.3 is 14.1 Å². The third-order valence-corrected chi connectivity index (χ3v) is 8.05. The van der Waals surface area contributed by atoms with Crippen molar-refractivity contribution in [2.75, 3.05) is 37.7 Å². The number of piperazine rings is 1. The largest absolute Gasteiger partial charge is 0.486 e. The number of sulfone groups is 1. The zero-order chi connectivity index (χ0) is 22.1. The Morgan fingerprint density at radius 2 is 1.78 bits per heavy atom. The van der Waals surface area contributed by atoms with Crippen LogP contribution in [0.4, 0.5) is 0 Å². The summed E-state index contributed by atoms with van der Waals surface area (Å²) in [5.41, 5.74) is 0. The molecule has 2 aromatic carbocycles. The summed E-state index contributed by atoms with van der Waals surface area (Å²) in [5, 5.41) is 2.26. The second kappa shape index (κ2) is 8.60. The molecule has 2 fully saturated rings. The SMILES string of the molecule is O=C(c1ccc(COc2ccc3ccccc3c2)o1)N1CCN(C2CCS(=O)(=O)C2)CC1. The van der Waals surface area contributed by atoms with E-state index < -0.39 is 9.84 Å². The van der Waals surface area contributed by atoms with Crippen molar-refractivity contribution in [2.45, 2.75) is 19.1 Å². The molecule has 3 aromatic rings. The van der Waals surface area contributed by atoms with Gasteiger partial charge in [0.25, 0.3) is 5.91 Å². The summed E-state index contributed by atoms with van der Waals surface area (Å²) in [7, 11) is -2.90. The Bertz CT molecular complexity index is 1230. The average molecular weight is 455 g/mol. The Hall–Kier alpha value is -2.84. The molecular weight excluding hydrogens is 428 g/mol. The van der Waals surface area contributed by atoms with E-state index in [-0.39, 0.29) is 30.1 Å². The summed E-state index contributed by atoms with van der Waals surface area (Å²) in [6.07, 6.45) is 0.690. The number of furan rings is 1. The van der Waals surface area contributed by atoms with Gasteiger partial charge in [-0.25, -0.2) is 8.42 Å². The zero-order valence-corrected chi connectivity index (χ0v) is 18.6. The fraction of sp³-hybridized carbons (Fsp3) is 0.375. The van der Waals surface area contributed by atoms with E-state index >= 15 is 0 Å². The molecule has 7 nitrogen and oxygen atoms in total. The van der Waals surface area contributed by atoms with Gasteiger partial charge in [0.15, 0.2) is 15.6 Å². The first kappa shape index (κ1) is 21.0. The maximum atomic E-state index is 12.8. The predicted molar refractivity (Wildman–Crippen MR) is 122 cm³/mol. The molecule has 0 saturated carbocycles. The smallest absolute Gasteiger partial charge is 0.289 e. The van der Waals surface area contributed by atoms with Crippen LogP contribution in [0, 0.1) is 0 Å². The molecule has 3 heterocycles. The van der Waals surface area contributed by atoms with Gasteiger partial charge in [0.1, 0.15) is 18.1 Å². The van der Waals surface area contributed by atoms with Gasteiger partial charge in [-0.05, 0) is 41.5 Å². The number of ether oxygens (including phenoxy) is 1. The monoisotopic (exact) mass is 454 g/mol. The topological polar surface area (TPSA) is 80.1 Å². The highest BCUT2D eigenvalue weighted by molar-refractivity contribution is 7.91. The van der Waals surface area contributed by atoms with Crippen LogP contribution in [-0.2, 0) is 16.4 Å². The number of hydrogen-bond acceptors (Lipinski definition) is 6. The standard InChI is InChI=1S/C24H26N2O5S/c27-24(26-12-10-25(11-13-26)20-9-14-32(28,29)17-20)23-8-7-22(31-23)16-30-21-6-5-18-3-1-2-4-19(18)15-21/h1-8,15,20H,9-14,16-17H2. The lowest BCUT2D eigenvalue weighted by Gasteiger charge is -2.37. The van der Waals surface area contributed by atoms with Gasteiger partial charge >= 0.3 is 0 Å². The van der Waals surface area contributed by atoms with E-state index in [9.17, 15) is 13.2 Å². The molecule has 1 amide bonds. The molecule has 2 aliphatic heterocycles. The lowest BCUT2D eigenvalue weighted by molar-refractivity contribution is 0.0555. The van der Waals surface area contributed by atoms with Crippen LogP contribution in [-0.4, -0.2) is 67.9 Å². The molecule has 0 radical (unpaired) electrons. The molecule has 1 aromatic heterocycles. The molecule has 0 bridgehead atoms. The fourth-order valence-corrected chi connectivity index (χ4v) is 6.25.